The fourth-order valence-electron chi connectivity index (χ4n) is 4.67. The molecule has 1 aliphatic carbocycles. The highest BCUT2D eigenvalue weighted by Gasteiger charge is 2.43. The highest BCUT2D eigenvalue weighted by molar-refractivity contribution is 6.74. The standard InChI is InChI=1S/C35H50O5Si/c1-28(39-27-30-17-11-8-12-18-30)25-37-21-13-19-31-23-32(36)24-33(31)34(40-41(5,6)35(2,3)4)20-14-22-38-26-29-15-9-7-10-16-29/h7-20,28,31,33-34H,21-27H2,1-6H3/b19-13+,20-14+/t28-,31+,33+,34+/m0/s1. The zero-order valence-electron chi connectivity index (χ0n) is 25.9. The van der Waals surface area contributed by atoms with Crippen LogP contribution in [0.1, 0.15) is 51.7 Å². The van der Waals surface area contributed by atoms with Crippen LogP contribution in [-0.4, -0.2) is 46.1 Å². The molecule has 0 saturated heterocycles. The van der Waals surface area contributed by atoms with Gasteiger partial charge in [0.25, 0.3) is 0 Å². The van der Waals surface area contributed by atoms with Crippen molar-refractivity contribution in [2.75, 3.05) is 19.8 Å². The Morgan fingerprint density at radius 2 is 1.49 bits per heavy atom. The number of benzene rings is 2. The van der Waals surface area contributed by atoms with E-state index in [0.29, 0.717) is 51.7 Å². The first-order valence-electron chi connectivity index (χ1n) is 14.9. The Kier molecular flexibility index (Phi) is 13.2. The third-order valence-corrected chi connectivity index (χ3v) is 12.6. The number of hydrogen-bond acceptors (Lipinski definition) is 5. The lowest BCUT2D eigenvalue weighted by Gasteiger charge is -2.40. The van der Waals surface area contributed by atoms with Crippen molar-refractivity contribution in [3.8, 4) is 0 Å². The molecular formula is C35H50O5Si. The van der Waals surface area contributed by atoms with E-state index in [4.69, 9.17) is 18.6 Å². The van der Waals surface area contributed by atoms with Gasteiger partial charge in [0, 0.05) is 18.8 Å². The van der Waals surface area contributed by atoms with Crippen molar-refractivity contribution in [2.24, 2.45) is 11.8 Å². The van der Waals surface area contributed by atoms with Gasteiger partial charge in [-0.05, 0) is 42.1 Å². The van der Waals surface area contributed by atoms with Crippen LogP contribution in [0.4, 0.5) is 0 Å². The van der Waals surface area contributed by atoms with Crippen molar-refractivity contribution >= 4 is 14.1 Å². The largest absolute Gasteiger partial charge is 0.410 e. The van der Waals surface area contributed by atoms with Gasteiger partial charge >= 0.3 is 0 Å². The summed E-state index contributed by atoms with van der Waals surface area (Å²) in [6, 6.07) is 20.3. The van der Waals surface area contributed by atoms with Gasteiger partial charge in [0.2, 0.25) is 0 Å². The molecule has 0 bridgehead atoms. The van der Waals surface area contributed by atoms with Crippen molar-refractivity contribution in [3.05, 3.63) is 96.1 Å². The normalized spacial score (nSPS) is 19.8. The molecule has 0 amide bonds. The van der Waals surface area contributed by atoms with E-state index in [1.54, 1.807) is 0 Å². The Labute approximate surface area is 249 Å². The van der Waals surface area contributed by atoms with Gasteiger partial charge < -0.3 is 18.6 Å². The van der Waals surface area contributed by atoms with Crippen LogP contribution in [0.2, 0.25) is 18.1 Å². The van der Waals surface area contributed by atoms with Crippen molar-refractivity contribution in [1.82, 2.24) is 0 Å². The summed E-state index contributed by atoms with van der Waals surface area (Å²) in [7, 11) is -2.06. The van der Waals surface area contributed by atoms with E-state index in [-0.39, 0.29) is 29.1 Å². The second kappa shape index (κ2) is 16.3. The quantitative estimate of drug-likeness (QED) is 0.115. The molecule has 0 unspecified atom stereocenters. The van der Waals surface area contributed by atoms with Gasteiger partial charge in [-0.3, -0.25) is 4.79 Å². The number of allylic oxidation sites excluding steroid dienone is 1. The van der Waals surface area contributed by atoms with E-state index >= 15 is 0 Å². The molecule has 224 valence electrons. The number of Topliss-reactive ketones (excluding diaryl/α,β-unsaturated/α-hetero) is 1. The molecule has 0 N–H and O–H groups in total. The highest BCUT2D eigenvalue weighted by Crippen LogP contribution is 2.41. The van der Waals surface area contributed by atoms with E-state index in [0.717, 1.165) is 11.1 Å². The summed E-state index contributed by atoms with van der Waals surface area (Å²) in [5, 5.41) is 0.0734. The second-order valence-corrected chi connectivity index (χ2v) is 17.4. The van der Waals surface area contributed by atoms with Gasteiger partial charge in [0.05, 0.1) is 45.2 Å². The van der Waals surface area contributed by atoms with Gasteiger partial charge in [-0.25, -0.2) is 0 Å². The molecule has 41 heavy (non-hydrogen) atoms. The predicted octanol–water partition coefficient (Wildman–Crippen LogP) is 7.92. The topological polar surface area (TPSA) is 54.0 Å². The molecule has 1 saturated carbocycles. The van der Waals surface area contributed by atoms with Crippen LogP contribution in [0.25, 0.3) is 0 Å². The smallest absolute Gasteiger partial charge is 0.192 e. The van der Waals surface area contributed by atoms with Gasteiger partial charge in [-0.1, -0.05) is 106 Å². The van der Waals surface area contributed by atoms with Crippen LogP contribution in [0, 0.1) is 11.8 Å². The fraction of sp³-hybridized carbons (Fsp3) is 0.514. The summed E-state index contributed by atoms with van der Waals surface area (Å²) in [5.74, 6) is 0.528. The van der Waals surface area contributed by atoms with Crippen molar-refractivity contribution in [3.63, 3.8) is 0 Å². The predicted molar refractivity (Wildman–Crippen MR) is 169 cm³/mol. The van der Waals surface area contributed by atoms with E-state index in [1.165, 1.54) is 0 Å². The average Bonchev–Trinajstić information content (AvgIpc) is 3.31. The molecule has 0 aliphatic heterocycles. The molecule has 3 rings (SSSR count). The maximum absolute atomic E-state index is 12.7. The van der Waals surface area contributed by atoms with Crippen LogP contribution in [-0.2, 0) is 36.6 Å². The summed E-state index contributed by atoms with van der Waals surface area (Å²) >= 11 is 0. The lowest BCUT2D eigenvalue weighted by molar-refractivity contribution is -0.117. The van der Waals surface area contributed by atoms with E-state index in [2.05, 4.69) is 82.4 Å². The van der Waals surface area contributed by atoms with Crippen molar-refractivity contribution < 1.29 is 23.4 Å². The fourth-order valence-corrected chi connectivity index (χ4v) is 5.96. The Morgan fingerprint density at radius 3 is 2.12 bits per heavy atom. The molecule has 2 aromatic rings. The molecule has 0 aromatic heterocycles. The third-order valence-electron chi connectivity index (χ3n) is 8.11. The first-order chi connectivity index (χ1) is 19.5. The van der Waals surface area contributed by atoms with Crippen LogP contribution < -0.4 is 0 Å². The SMILES string of the molecule is C[C@@H](COC/C=C/[C@@H]1CC(=O)C[C@H]1[C@@H](/C=C/COCc1ccccc1)O[Si](C)(C)C(C)(C)C)OCc1ccccc1. The minimum absolute atomic E-state index is 0.000952. The molecule has 0 heterocycles. The Hall–Kier alpha value is -2.35. The third kappa shape index (κ3) is 11.4. The molecule has 1 fully saturated rings. The molecule has 0 radical (unpaired) electrons. The first-order valence-corrected chi connectivity index (χ1v) is 17.8. The summed E-state index contributed by atoms with van der Waals surface area (Å²) in [6.45, 7) is 16.0. The minimum atomic E-state index is -2.06. The second-order valence-electron chi connectivity index (χ2n) is 12.6. The van der Waals surface area contributed by atoms with Crippen LogP contribution in [0.3, 0.4) is 0 Å². The van der Waals surface area contributed by atoms with Crippen molar-refractivity contribution in [2.45, 2.75) is 84.1 Å². The van der Waals surface area contributed by atoms with E-state index in [1.807, 2.05) is 43.3 Å². The lowest BCUT2D eigenvalue weighted by Crippen LogP contribution is -2.45. The van der Waals surface area contributed by atoms with Crippen LogP contribution in [0.5, 0.6) is 0 Å². The van der Waals surface area contributed by atoms with E-state index in [9.17, 15) is 4.79 Å². The zero-order valence-corrected chi connectivity index (χ0v) is 26.9. The molecule has 1 aliphatic rings. The Bertz CT molecular complexity index is 1090. The van der Waals surface area contributed by atoms with Crippen LogP contribution >= 0.6 is 0 Å². The highest BCUT2D eigenvalue weighted by atomic mass is 28.4. The Morgan fingerprint density at radius 1 is 0.878 bits per heavy atom. The molecule has 5 nitrogen and oxygen atoms in total. The first kappa shape index (κ1) is 33.2. The number of carbonyl (C=O) groups excluding carboxylic acids is 1. The summed E-state index contributed by atoms with van der Waals surface area (Å²) in [5.41, 5.74) is 2.31. The van der Waals surface area contributed by atoms with Crippen LogP contribution in [0.15, 0.2) is 85.0 Å². The van der Waals surface area contributed by atoms with Gasteiger partial charge in [0.1, 0.15) is 5.78 Å². The molecule has 2 aromatic carbocycles. The lowest BCUT2D eigenvalue weighted by atomic mass is 9.90. The average molecular weight is 579 g/mol. The van der Waals surface area contributed by atoms with E-state index < -0.39 is 8.32 Å². The number of carbonyl (C=O) groups is 1. The summed E-state index contributed by atoms with van der Waals surface area (Å²) in [6.07, 6.45) is 9.36. The zero-order chi connectivity index (χ0) is 29.7. The number of hydrogen-bond donors (Lipinski definition) is 0. The van der Waals surface area contributed by atoms with Gasteiger partial charge in [0.15, 0.2) is 8.32 Å². The summed E-state index contributed by atoms with van der Waals surface area (Å²) < 4.78 is 24.6. The number of rotatable bonds is 16. The maximum Gasteiger partial charge on any atom is 0.192 e. The van der Waals surface area contributed by atoms with Gasteiger partial charge in [-0.2, -0.15) is 0 Å². The molecular weight excluding hydrogens is 528 g/mol. The van der Waals surface area contributed by atoms with Gasteiger partial charge in [-0.15, -0.1) is 0 Å². The maximum atomic E-state index is 12.7. The monoisotopic (exact) mass is 578 g/mol. The molecule has 4 atom stereocenters. The molecule has 6 heteroatoms. The van der Waals surface area contributed by atoms with Crippen molar-refractivity contribution in [1.29, 1.82) is 0 Å². The Balaban J connectivity index is 1.55. The number of ketones is 1. The number of ether oxygens (including phenoxy) is 3. The molecule has 0 spiro atoms. The minimum Gasteiger partial charge on any atom is -0.410 e. The summed E-state index contributed by atoms with van der Waals surface area (Å²) in [4.78, 5) is 12.7.